The largest absolute Gasteiger partial charge is 0.317 e. The van der Waals surface area contributed by atoms with E-state index in [0.29, 0.717) is 0 Å². The SMILES string of the molecule is C.CCCCCCCCCCCCCCCCCCNCCCCCCCCCCCCCCCC. The normalized spacial score (nSPS) is 11.2. The van der Waals surface area contributed by atoms with Crippen LogP contribution in [0.4, 0.5) is 0 Å². The Bertz CT molecular complexity index is 308. The molecule has 220 valence electrons. The highest BCUT2D eigenvalue weighted by molar-refractivity contribution is 4.54. The van der Waals surface area contributed by atoms with Gasteiger partial charge in [-0.15, -0.1) is 0 Å². The summed E-state index contributed by atoms with van der Waals surface area (Å²) in [7, 11) is 0. The molecule has 0 aromatic heterocycles. The molecule has 0 heterocycles. The molecule has 0 fully saturated rings. The predicted octanol–water partition coefficient (Wildman–Crippen LogP) is 13.0. The lowest BCUT2D eigenvalue weighted by molar-refractivity contribution is 0.516. The molecule has 0 spiro atoms. The lowest BCUT2D eigenvalue weighted by atomic mass is 10.0. The summed E-state index contributed by atoms with van der Waals surface area (Å²) in [6.45, 7) is 7.10. The highest BCUT2D eigenvalue weighted by Crippen LogP contribution is 2.14. The second kappa shape index (κ2) is 37.1. The predicted molar refractivity (Wildman–Crippen MR) is 169 cm³/mol. The first-order chi connectivity index (χ1) is 17.4. The highest BCUT2D eigenvalue weighted by atomic mass is 14.8. The van der Waals surface area contributed by atoms with E-state index in [9.17, 15) is 0 Å². The van der Waals surface area contributed by atoms with Crippen molar-refractivity contribution in [2.75, 3.05) is 13.1 Å². The number of hydrogen-bond acceptors (Lipinski definition) is 1. The Morgan fingerprint density at radius 3 is 0.611 bits per heavy atom. The fourth-order valence-corrected chi connectivity index (χ4v) is 5.37. The molecule has 1 heteroatoms. The molecule has 1 nitrogen and oxygen atoms in total. The van der Waals surface area contributed by atoms with Crippen molar-refractivity contribution < 1.29 is 0 Å². The molecule has 0 aliphatic carbocycles. The maximum absolute atomic E-state index is 3.68. The molecule has 36 heavy (non-hydrogen) atoms. The Balaban J connectivity index is 0. The van der Waals surface area contributed by atoms with Crippen molar-refractivity contribution in [3.8, 4) is 0 Å². The van der Waals surface area contributed by atoms with Gasteiger partial charge in [-0.05, 0) is 25.9 Å². The van der Waals surface area contributed by atoms with E-state index in [1.54, 1.807) is 0 Å². The molecule has 0 aliphatic rings. The molecule has 0 aromatic rings. The first-order valence-corrected chi connectivity index (χ1v) is 17.1. The molecule has 0 radical (unpaired) electrons. The molecule has 0 unspecified atom stereocenters. The Hall–Kier alpha value is -0.0400. The molecule has 0 atom stereocenters. The summed E-state index contributed by atoms with van der Waals surface area (Å²) in [5, 5.41) is 3.68. The summed E-state index contributed by atoms with van der Waals surface area (Å²) in [6.07, 6.45) is 43.7. The summed E-state index contributed by atoms with van der Waals surface area (Å²) in [5.41, 5.74) is 0. The maximum Gasteiger partial charge on any atom is -0.00489 e. The van der Waals surface area contributed by atoms with Crippen molar-refractivity contribution in [3.63, 3.8) is 0 Å². The Morgan fingerprint density at radius 1 is 0.250 bits per heavy atom. The first-order valence-electron chi connectivity index (χ1n) is 17.1. The van der Waals surface area contributed by atoms with Gasteiger partial charge >= 0.3 is 0 Å². The quantitative estimate of drug-likeness (QED) is 0.0889. The van der Waals surface area contributed by atoms with Crippen LogP contribution in [0.25, 0.3) is 0 Å². The number of nitrogens with one attached hydrogen (secondary N) is 1. The summed E-state index contributed by atoms with van der Waals surface area (Å²) < 4.78 is 0. The molecule has 0 bridgehead atoms. The van der Waals surface area contributed by atoms with Crippen molar-refractivity contribution in [1.29, 1.82) is 0 Å². The van der Waals surface area contributed by atoms with Crippen molar-refractivity contribution in [1.82, 2.24) is 5.32 Å². The second-order valence-corrected chi connectivity index (χ2v) is 11.6. The van der Waals surface area contributed by atoms with Gasteiger partial charge in [0.25, 0.3) is 0 Å². The molecular formula is C35H75N. The highest BCUT2D eigenvalue weighted by Gasteiger charge is 1.96. The van der Waals surface area contributed by atoms with Crippen LogP contribution in [0.1, 0.15) is 214 Å². The minimum atomic E-state index is 0. The third-order valence-corrected chi connectivity index (χ3v) is 7.91. The van der Waals surface area contributed by atoms with E-state index in [2.05, 4.69) is 19.2 Å². The van der Waals surface area contributed by atoms with Gasteiger partial charge in [0, 0.05) is 0 Å². The monoisotopic (exact) mass is 510 g/mol. The number of hydrogen-bond donors (Lipinski definition) is 1. The van der Waals surface area contributed by atoms with Gasteiger partial charge in [-0.3, -0.25) is 0 Å². The molecule has 0 amide bonds. The van der Waals surface area contributed by atoms with Crippen LogP contribution in [-0.4, -0.2) is 13.1 Å². The average molecular weight is 510 g/mol. The Labute approximate surface area is 232 Å². The smallest absolute Gasteiger partial charge is 0.00489 e. The fourth-order valence-electron chi connectivity index (χ4n) is 5.37. The van der Waals surface area contributed by atoms with Crippen LogP contribution in [-0.2, 0) is 0 Å². The van der Waals surface area contributed by atoms with Gasteiger partial charge in [0.1, 0.15) is 0 Å². The van der Waals surface area contributed by atoms with Crippen LogP contribution >= 0.6 is 0 Å². The third kappa shape index (κ3) is 36.1. The Morgan fingerprint density at radius 2 is 0.417 bits per heavy atom. The fraction of sp³-hybridized carbons (Fsp3) is 1.00. The van der Waals surface area contributed by atoms with E-state index < -0.39 is 0 Å². The zero-order valence-corrected chi connectivity index (χ0v) is 25.1. The summed E-state index contributed by atoms with van der Waals surface area (Å²) in [4.78, 5) is 0. The van der Waals surface area contributed by atoms with Gasteiger partial charge in [-0.1, -0.05) is 201 Å². The zero-order chi connectivity index (χ0) is 25.3. The summed E-state index contributed by atoms with van der Waals surface area (Å²) in [5.74, 6) is 0. The lowest BCUT2D eigenvalue weighted by Gasteiger charge is -2.06. The standard InChI is InChI=1S/C34H71N.CH4/c1-3-5-7-9-11-13-15-17-19-20-22-24-26-28-30-32-34-35-33-31-29-27-25-23-21-18-16-14-12-10-8-6-4-2;/h35H,3-34H2,1-2H3;1H4. The number of unbranched alkanes of at least 4 members (excludes halogenated alkanes) is 28. The maximum atomic E-state index is 3.68. The summed E-state index contributed by atoms with van der Waals surface area (Å²) >= 11 is 0. The van der Waals surface area contributed by atoms with Crippen LogP contribution in [0.15, 0.2) is 0 Å². The van der Waals surface area contributed by atoms with Crippen molar-refractivity contribution >= 4 is 0 Å². The topological polar surface area (TPSA) is 12.0 Å². The molecule has 0 rings (SSSR count). The first kappa shape index (κ1) is 38.1. The molecule has 1 N–H and O–H groups in total. The van der Waals surface area contributed by atoms with Gasteiger partial charge in [-0.2, -0.15) is 0 Å². The van der Waals surface area contributed by atoms with Gasteiger partial charge in [0.2, 0.25) is 0 Å². The summed E-state index contributed by atoms with van der Waals surface area (Å²) in [6, 6.07) is 0. The van der Waals surface area contributed by atoms with Crippen molar-refractivity contribution in [3.05, 3.63) is 0 Å². The van der Waals surface area contributed by atoms with Gasteiger partial charge in [0.15, 0.2) is 0 Å². The number of rotatable bonds is 32. The van der Waals surface area contributed by atoms with Gasteiger partial charge < -0.3 is 5.32 Å². The van der Waals surface area contributed by atoms with Crippen LogP contribution in [0.2, 0.25) is 0 Å². The van der Waals surface area contributed by atoms with E-state index in [0.717, 1.165) is 0 Å². The Kier molecular flexibility index (Phi) is 39.3. The van der Waals surface area contributed by atoms with Crippen LogP contribution < -0.4 is 5.32 Å². The van der Waals surface area contributed by atoms with Crippen LogP contribution in [0.3, 0.4) is 0 Å². The van der Waals surface area contributed by atoms with E-state index in [1.165, 1.54) is 206 Å². The zero-order valence-electron chi connectivity index (χ0n) is 25.1. The molecular weight excluding hydrogens is 434 g/mol. The van der Waals surface area contributed by atoms with E-state index >= 15 is 0 Å². The van der Waals surface area contributed by atoms with Crippen LogP contribution in [0.5, 0.6) is 0 Å². The molecule has 0 aromatic carbocycles. The van der Waals surface area contributed by atoms with E-state index in [4.69, 9.17) is 0 Å². The second-order valence-electron chi connectivity index (χ2n) is 11.6. The minimum absolute atomic E-state index is 0. The molecule has 0 saturated heterocycles. The molecule has 0 aliphatic heterocycles. The van der Waals surface area contributed by atoms with E-state index in [-0.39, 0.29) is 7.43 Å². The lowest BCUT2D eigenvalue weighted by Crippen LogP contribution is -2.16. The van der Waals surface area contributed by atoms with Crippen molar-refractivity contribution in [2.24, 2.45) is 0 Å². The third-order valence-electron chi connectivity index (χ3n) is 7.91. The minimum Gasteiger partial charge on any atom is -0.317 e. The molecule has 0 saturated carbocycles. The van der Waals surface area contributed by atoms with Crippen molar-refractivity contribution in [2.45, 2.75) is 214 Å². The average Bonchev–Trinajstić information content (AvgIpc) is 2.87. The van der Waals surface area contributed by atoms with Gasteiger partial charge in [-0.25, -0.2) is 0 Å². The van der Waals surface area contributed by atoms with E-state index in [1.807, 2.05) is 0 Å². The van der Waals surface area contributed by atoms with Crippen LogP contribution in [0, 0.1) is 0 Å². The van der Waals surface area contributed by atoms with Gasteiger partial charge in [0.05, 0.1) is 0 Å².